The van der Waals surface area contributed by atoms with Gasteiger partial charge in [0.25, 0.3) is 5.91 Å². The number of anilines is 1. The van der Waals surface area contributed by atoms with Crippen LogP contribution < -0.4 is 16.0 Å². The highest BCUT2D eigenvalue weighted by molar-refractivity contribution is 5.94. The lowest BCUT2D eigenvalue weighted by Crippen LogP contribution is -2.24. The molecule has 0 aliphatic rings. The largest absolute Gasteiger partial charge is 0.362 e. The topological polar surface area (TPSA) is 71.2 Å². The summed E-state index contributed by atoms with van der Waals surface area (Å²) in [5.41, 5.74) is 8.16. The lowest BCUT2D eigenvalue weighted by atomic mass is 10.1. The molecule has 0 aliphatic heterocycles. The van der Waals surface area contributed by atoms with Gasteiger partial charge in [0.05, 0.1) is 0 Å². The van der Waals surface area contributed by atoms with E-state index in [1.165, 1.54) is 0 Å². The molecule has 0 saturated carbocycles. The minimum atomic E-state index is -0.105. The van der Waals surface area contributed by atoms with Crippen LogP contribution in [0.3, 0.4) is 0 Å². The first-order valence-electron chi connectivity index (χ1n) is 6.80. The summed E-state index contributed by atoms with van der Waals surface area (Å²) in [6.45, 7) is 0.919. The van der Waals surface area contributed by atoms with Crippen LogP contribution in [0.15, 0.2) is 42.6 Å². The Labute approximate surface area is 136 Å². The van der Waals surface area contributed by atoms with Gasteiger partial charge in [0.15, 0.2) is 0 Å². The molecule has 2 aromatic rings. The molecule has 118 valence electrons. The highest BCUT2D eigenvalue weighted by Crippen LogP contribution is 2.14. The first-order chi connectivity index (χ1) is 10.1. The summed E-state index contributed by atoms with van der Waals surface area (Å²) < 4.78 is 0. The third-order valence-corrected chi connectivity index (χ3v) is 3.18. The second-order valence-corrected chi connectivity index (χ2v) is 4.96. The highest BCUT2D eigenvalue weighted by Gasteiger charge is 2.08. The molecule has 1 amide bonds. The summed E-state index contributed by atoms with van der Waals surface area (Å²) in [7, 11) is 3.86. The molecule has 1 heterocycles. The van der Waals surface area contributed by atoms with E-state index < -0.39 is 0 Å². The van der Waals surface area contributed by atoms with Crippen molar-refractivity contribution in [2.24, 2.45) is 5.73 Å². The zero-order valence-electron chi connectivity index (χ0n) is 12.7. The molecule has 0 atom stereocenters. The average Bonchev–Trinajstić information content (AvgIpc) is 2.52. The molecule has 3 N–H and O–H groups in total. The number of halogens is 1. The van der Waals surface area contributed by atoms with Gasteiger partial charge in [-0.1, -0.05) is 18.2 Å². The van der Waals surface area contributed by atoms with Crippen LogP contribution in [0.25, 0.3) is 0 Å². The molecule has 0 fully saturated rings. The molecule has 0 bridgehead atoms. The predicted octanol–water partition coefficient (Wildman–Crippen LogP) is 1.96. The Hall–Kier alpha value is -2.11. The molecule has 22 heavy (non-hydrogen) atoms. The Morgan fingerprint density at radius 1 is 1.23 bits per heavy atom. The smallest absolute Gasteiger partial charge is 0.251 e. The summed E-state index contributed by atoms with van der Waals surface area (Å²) in [5.74, 6) is 0.753. The lowest BCUT2D eigenvalue weighted by molar-refractivity contribution is 0.0951. The highest BCUT2D eigenvalue weighted by atomic mass is 35.5. The van der Waals surface area contributed by atoms with Gasteiger partial charge in [-0.2, -0.15) is 0 Å². The number of nitrogens with one attached hydrogen (secondary N) is 1. The summed E-state index contributed by atoms with van der Waals surface area (Å²) in [6.07, 6.45) is 1.74. The van der Waals surface area contributed by atoms with E-state index in [9.17, 15) is 4.79 Å². The van der Waals surface area contributed by atoms with Crippen molar-refractivity contribution >= 4 is 24.1 Å². The number of pyridine rings is 1. The SMILES string of the molecule is CN(C)c1ncccc1CNC(=O)c1ccc(CN)cc1.Cl. The van der Waals surface area contributed by atoms with Crippen molar-refractivity contribution in [2.75, 3.05) is 19.0 Å². The van der Waals surface area contributed by atoms with Crippen LogP contribution >= 0.6 is 12.4 Å². The van der Waals surface area contributed by atoms with Gasteiger partial charge in [-0.05, 0) is 23.8 Å². The molecule has 2 rings (SSSR count). The molecule has 5 nitrogen and oxygen atoms in total. The van der Waals surface area contributed by atoms with Crippen molar-refractivity contribution in [3.8, 4) is 0 Å². The van der Waals surface area contributed by atoms with Crippen molar-refractivity contribution in [2.45, 2.75) is 13.1 Å². The van der Waals surface area contributed by atoms with E-state index in [0.717, 1.165) is 16.9 Å². The second-order valence-electron chi connectivity index (χ2n) is 4.96. The van der Waals surface area contributed by atoms with Crippen LogP contribution in [0.2, 0.25) is 0 Å². The number of benzene rings is 1. The first-order valence-corrected chi connectivity index (χ1v) is 6.80. The number of hydrogen-bond donors (Lipinski definition) is 2. The zero-order valence-corrected chi connectivity index (χ0v) is 13.6. The molecule has 0 unspecified atom stereocenters. The summed E-state index contributed by atoms with van der Waals surface area (Å²) in [4.78, 5) is 18.4. The number of nitrogens with two attached hydrogens (primary N) is 1. The Balaban J connectivity index is 0.00000242. The van der Waals surface area contributed by atoms with Gasteiger partial charge in [-0.15, -0.1) is 12.4 Å². The van der Waals surface area contributed by atoms with Crippen LogP contribution in [-0.2, 0) is 13.1 Å². The summed E-state index contributed by atoms with van der Waals surface area (Å²) >= 11 is 0. The van der Waals surface area contributed by atoms with Gasteiger partial charge < -0.3 is 16.0 Å². The monoisotopic (exact) mass is 320 g/mol. The van der Waals surface area contributed by atoms with Crippen molar-refractivity contribution in [3.63, 3.8) is 0 Å². The van der Waals surface area contributed by atoms with Crippen LogP contribution in [0.1, 0.15) is 21.5 Å². The number of nitrogens with zero attached hydrogens (tertiary/aromatic N) is 2. The zero-order chi connectivity index (χ0) is 15.2. The number of hydrogen-bond acceptors (Lipinski definition) is 4. The van der Waals surface area contributed by atoms with E-state index in [1.807, 2.05) is 43.3 Å². The van der Waals surface area contributed by atoms with Crippen LogP contribution in [0.5, 0.6) is 0 Å². The minimum absolute atomic E-state index is 0. The quantitative estimate of drug-likeness (QED) is 0.883. The Morgan fingerprint density at radius 3 is 2.50 bits per heavy atom. The fraction of sp³-hybridized carbons (Fsp3) is 0.250. The van der Waals surface area contributed by atoms with E-state index >= 15 is 0 Å². The van der Waals surface area contributed by atoms with Crippen LogP contribution in [0.4, 0.5) is 5.82 Å². The molecular formula is C16H21ClN4O. The third-order valence-electron chi connectivity index (χ3n) is 3.18. The average molecular weight is 321 g/mol. The molecule has 0 aliphatic carbocycles. The molecule has 0 saturated heterocycles. The van der Waals surface area contributed by atoms with Crippen molar-refractivity contribution < 1.29 is 4.79 Å². The first kappa shape index (κ1) is 17.9. The molecular weight excluding hydrogens is 300 g/mol. The van der Waals surface area contributed by atoms with E-state index in [0.29, 0.717) is 18.7 Å². The Kier molecular flexibility index (Phi) is 6.82. The maximum atomic E-state index is 12.1. The van der Waals surface area contributed by atoms with Gasteiger partial charge in [-0.3, -0.25) is 4.79 Å². The van der Waals surface area contributed by atoms with Crippen molar-refractivity contribution in [1.29, 1.82) is 0 Å². The Morgan fingerprint density at radius 2 is 1.91 bits per heavy atom. The minimum Gasteiger partial charge on any atom is -0.362 e. The van der Waals surface area contributed by atoms with E-state index in [-0.39, 0.29) is 18.3 Å². The van der Waals surface area contributed by atoms with Gasteiger partial charge in [0.2, 0.25) is 0 Å². The fourth-order valence-electron chi connectivity index (χ4n) is 2.04. The second kappa shape index (κ2) is 8.36. The van der Waals surface area contributed by atoms with Gasteiger partial charge in [-0.25, -0.2) is 4.98 Å². The van der Waals surface area contributed by atoms with Crippen LogP contribution in [-0.4, -0.2) is 25.0 Å². The Bertz CT molecular complexity index is 614. The van der Waals surface area contributed by atoms with Gasteiger partial charge >= 0.3 is 0 Å². The molecule has 0 spiro atoms. The predicted molar refractivity (Wildman–Crippen MR) is 91.3 cm³/mol. The maximum absolute atomic E-state index is 12.1. The maximum Gasteiger partial charge on any atom is 0.251 e. The molecule has 1 aromatic carbocycles. The van der Waals surface area contributed by atoms with E-state index in [2.05, 4.69) is 10.3 Å². The van der Waals surface area contributed by atoms with E-state index in [1.54, 1.807) is 18.3 Å². The van der Waals surface area contributed by atoms with Crippen molar-refractivity contribution in [3.05, 3.63) is 59.3 Å². The number of carbonyl (C=O) groups is 1. The summed E-state index contributed by atoms with van der Waals surface area (Å²) in [6, 6.07) is 11.1. The molecule has 1 aromatic heterocycles. The molecule has 0 radical (unpaired) electrons. The number of carbonyl (C=O) groups excluding carboxylic acids is 1. The number of amides is 1. The number of aromatic nitrogens is 1. The summed E-state index contributed by atoms with van der Waals surface area (Å²) in [5, 5.41) is 2.91. The van der Waals surface area contributed by atoms with Gasteiger partial charge in [0, 0.05) is 44.5 Å². The van der Waals surface area contributed by atoms with E-state index in [4.69, 9.17) is 5.73 Å². The standard InChI is InChI=1S/C16H20N4O.ClH/c1-20(2)15-14(4-3-9-18-15)11-19-16(21)13-7-5-12(10-17)6-8-13;/h3-9H,10-11,17H2,1-2H3,(H,19,21);1H. The fourth-order valence-corrected chi connectivity index (χ4v) is 2.04. The molecule has 6 heteroatoms. The van der Waals surface area contributed by atoms with Crippen molar-refractivity contribution in [1.82, 2.24) is 10.3 Å². The lowest BCUT2D eigenvalue weighted by Gasteiger charge is -2.16. The van der Waals surface area contributed by atoms with Crippen LogP contribution in [0, 0.1) is 0 Å². The van der Waals surface area contributed by atoms with Gasteiger partial charge in [0.1, 0.15) is 5.82 Å². The normalized spacial score (nSPS) is 9.77. The third kappa shape index (κ3) is 4.44. The number of rotatable bonds is 5.